The average Bonchev–Trinajstić information content (AvgIpc) is 3.11. The molecule has 102 valence electrons. The number of aromatic nitrogens is 3. The first-order valence-electron chi connectivity index (χ1n) is 6.19. The van der Waals surface area contributed by atoms with Crippen molar-refractivity contribution in [2.45, 2.75) is 13.1 Å². The molecule has 2 aromatic heterocycles. The molecular weight excluding hydrogens is 275 g/mol. The van der Waals surface area contributed by atoms with Gasteiger partial charge < -0.3 is 10.3 Å². The number of halogens is 1. The van der Waals surface area contributed by atoms with Gasteiger partial charge in [-0.2, -0.15) is 0 Å². The van der Waals surface area contributed by atoms with Crippen LogP contribution < -0.4 is 5.32 Å². The minimum atomic E-state index is -0.230. The van der Waals surface area contributed by atoms with Crippen LogP contribution in [0.4, 0.5) is 4.39 Å². The van der Waals surface area contributed by atoms with Crippen LogP contribution in [0.5, 0.6) is 0 Å². The summed E-state index contributed by atoms with van der Waals surface area (Å²) in [5.74, 6) is -0.230. The predicted molar refractivity (Wildman–Crippen MR) is 76.6 cm³/mol. The van der Waals surface area contributed by atoms with Crippen LogP contribution in [0.1, 0.15) is 11.4 Å². The number of H-pyrrole nitrogens is 1. The van der Waals surface area contributed by atoms with Gasteiger partial charge in [0.15, 0.2) is 0 Å². The molecule has 0 bridgehead atoms. The number of nitrogens with one attached hydrogen (secondary N) is 2. The quantitative estimate of drug-likeness (QED) is 0.759. The van der Waals surface area contributed by atoms with Gasteiger partial charge in [-0.15, -0.1) is 11.3 Å². The smallest absolute Gasteiger partial charge is 0.123 e. The molecule has 0 aliphatic heterocycles. The van der Waals surface area contributed by atoms with E-state index in [1.807, 2.05) is 5.38 Å². The van der Waals surface area contributed by atoms with E-state index in [9.17, 15) is 4.39 Å². The molecule has 0 spiro atoms. The second-order valence-corrected chi connectivity index (χ2v) is 5.19. The van der Waals surface area contributed by atoms with Crippen LogP contribution in [-0.4, -0.2) is 15.0 Å². The van der Waals surface area contributed by atoms with E-state index in [1.165, 1.54) is 12.1 Å². The fraction of sp³-hybridized carbons (Fsp3) is 0.143. The summed E-state index contributed by atoms with van der Waals surface area (Å²) < 4.78 is 12.9. The Balaban J connectivity index is 1.60. The van der Waals surface area contributed by atoms with Gasteiger partial charge in [0, 0.05) is 35.9 Å². The normalized spacial score (nSPS) is 10.8. The van der Waals surface area contributed by atoms with Gasteiger partial charge in [0.25, 0.3) is 0 Å². The molecule has 4 nitrogen and oxygen atoms in total. The molecule has 2 N–H and O–H groups in total. The molecule has 0 radical (unpaired) electrons. The van der Waals surface area contributed by atoms with Crippen molar-refractivity contribution in [3.05, 3.63) is 59.4 Å². The van der Waals surface area contributed by atoms with Crippen molar-refractivity contribution in [1.29, 1.82) is 0 Å². The Bertz CT molecular complexity index is 661. The van der Waals surface area contributed by atoms with Gasteiger partial charge in [0.1, 0.15) is 10.8 Å². The number of hydrogen-bond acceptors (Lipinski definition) is 4. The number of benzene rings is 1. The zero-order chi connectivity index (χ0) is 13.8. The van der Waals surface area contributed by atoms with Crippen LogP contribution in [0.2, 0.25) is 0 Å². The topological polar surface area (TPSA) is 53.6 Å². The highest BCUT2D eigenvalue weighted by Crippen LogP contribution is 2.23. The van der Waals surface area contributed by atoms with E-state index in [1.54, 1.807) is 36.0 Å². The average molecular weight is 288 g/mol. The van der Waals surface area contributed by atoms with Crippen molar-refractivity contribution in [1.82, 2.24) is 20.3 Å². The molecule has 0 saturated carbocycles. The lowest BCUT2D eigenvalue weighted by Gasteiger charge is -1.99. The molecule has 0 amide bonds. The van der Waals surface area contributed by atoms with Crippen molar-refractivity contribution in [3.63, 3.8) is 0 Å². The summed E-state index contributed by atoms with van der Waals surface area (Å²) in [6, 6.07) is 6.39. The van der Waals surface area contributed by atoms with Crippen LogP contribution >= 0.6 is 11.3 Å². The Kier molecular flexibility index (Phi) is 3.85. The van der Waals surface area contributed by atoms with Gasteiger partial charge >= 0.3 is 0 Å². The molecule has 0 fully saturated rings. The monoisotopic (exact) mass is 288 g/mol. The van der Waals surface area contributed by atoms with Crippen molar-refractivity contribution < 1.29 is 4.39 Å². The fourth-order valence-electron chi connectivity index (χ4n) is 1.82. The van der Waals surface area contributed by atoms with Crippen LogP contribution in [0.3, 0.4) is 0 Å². The van der Waals surface area contributed by atoms with E-state index in [4.69, 9.17) is 0 Å². The summed E-state index contributed by atoms with van der Waals surface area (Å²) in [5, 5.41) is 6.21. The molecule has 0 atom stereocenters. The van der Waals surface area contributed by atoms with Crippen LogP contribution in [0.25, 0.3) is 10.6 Å². The summed E-state index contributed by atoms with van der Waals surface area (Å²) in [6.07, 6.45) is 3.45. The largest absolute Gasteiger partial charge is 0.347 e. The van der Waals surface area contributed by atoms with Crippen LogP contribution in [0.15, 0.2) is 42.2 Å². The minimum absolute atomic E-state index is 0.230. The second-order valence-electron chi connectivity index (χ2n) is 4.33. The fourth-order valence-corrected chi connectivity index (χ4v) is 2.65. The molecule has 2 heterocycles. The highest BCUT2D eigenvalue weighted by atomic mass is 32.1. The summed E-state index contributed by atoms with van der Waals surface area (Å²) in [7, 11) is 0. The standard InChI is InChI=1S/C14H13FN4S/c15-11-3-1-10(2-4-11)14-19-13(8-20-14)7-16-5-12-6-17-9-18-12/h1-4,6,8-9,16H,5,7H2,(H,17,18). The third-order valence-electron chi connectivity index (χ3n) is 2.82. The summed E-state index contributed by atoms with van der Waals surface area (Å²) >= 11 is 1.56. The maximum Gasteiger partial charge on any atom is 0.123 e. The van der Waals surface area contributed by atoms with E-state index < -0.39 is 0 Å². The Hall–Kier alpha value is -2.05. The number of aromatic amines is 1. The van der Waals surface area contributed by atoms with E-state index in [0.29, 0.717) is 6.54 Å². The van der Waals surface area contributed by atoms with E-state index in [-0.39, 0.29) is 5.82 Å². The molecular formula is C14H13FN4S. The zero-order valence-corrected chi connectivity index (χ0v) is 11.5. The molecule has 0 aliphatic carbocycles. The third-order valence-corrected chi connectivity index (χ3v) is 3.76. The lowest BCUT2D eigenvalue weighted by molar-refractivity contribution is 0.628. The number of imidazole rings is 1. The Morgan fingerprint density at radius 2 is 2.05 bits per heavy atom. The highest BCUT2D eigenvalue weighted by Gasteiger charge is 2.05. The third kappa shape index (κ3) is 3.09. The highest BCUT2D eigenvalue weighted by molar-refractivity contribution is 7.13. The lowest BCUT2D eigenvalue weighted by atomic mass is 10.2. The molecule has 1 aromatic carbocycles. The molecule has 6 heteroatoms. The van der Waals surface area contributed by atoms with Gasteiger partial charge in [-0.25, -0.2) is 14.4 Å². The Morgan fingerprint density at radius 1 is 1.20 bits per heavy atom. The van der Waals surface area contributed by atoms with Crippen LogP contribution in [-0.2, 0) is 13.1 Å². The van der Waals surface area contributed by atoms with E-state index in [0.717, 1.165) is 28.5 Å². The summed E-state index contributed by atoms with van der Waals surface area (Å²) in [4.78, 5) is 11.5. The molecule has 20 heavy (non-hydrogen) atoms. The number of rotatable bonds is 5. The van der Waals surface area contributed by atoms with Crippen molar-refractivity contribution in [2.24, 2.45) is 0 Å². The van der Waals surface area contributed by atoms with E-state index >= 15 is 0 Å². The predicted octanol–water partition coefficient (Wildman–Crippen LogP) is 2.96. The zero-order valence-electron chi connectivity index (χ0n) is 10.6. The molecule has 0 aliphatic rings. The first-order valence-corrected chi connectivity index (χ1v) is 7.07. The van der Waals surface area contributed by atoms with Gasteiger partial charge in [-0.1, -0.05) is 0 Å². The van der Waals surface area contributed by atoms with E-state index in [2.05, 4.69) is 20.3 Å². The molecule has 0 saturated heterocycles. The summed E-state index contributed by atoms with van der Waals surface area (Å²) in [6.45, 7) is 1.42. The van der Waals surface area contributed by atoms with Crippen LogP contribution in [0, 0.1) is 5.82 Å². The first kappa shape index (κ1) is 13.0. The molecule has 3 rings (SSSR count). The van der Waals surface area contributed by atoms with Crippen molar-refractivity contribution in [2.75, 3.05) is 0 Å². The van der Waals surface area contributed by atoms with Gasteiger partial charge in [-0.3, -0.25) is 0 Å². The van der Waals surface area contributed by atoms with Crippen molar-refractivity contribution >= 4 is 11.3 Å². The maximum absolute atomic E-state index is 12.9. The van der Waals surface area contributed by atoms with Gasteiger partial charge in [-0.05, 0) is 24.3 Å². The molecule has 3 aromatic rings. The summed E-state index contributed by atoms with van der Waals surface area (Å²) in [5.41, 5.74) is 2.96. The Labute approximate surface area is 119 Å². The Morgan fingerprint density at radius 3 is 2.80 bits per heavy atom. The second kappa shape index (κ2) is 5.94. The lowest BCUT2D eigenvalue weighted by Crippen LogP contribution is -2.13. The number of thiazole rings is 1. The minimum Gasteiger partial charge on any atom is -0.347 e. The number of nitrogens with zero attached hydrogens (tertiary/aromatic N) is 2. The van der Waals surface area contributed by atoms with Crippen molar-refractivity contribution in [3.8, 4) is 10.6 Å². The SMILES string of the molecule is Fc1ccc(-c2nc(CNCc3cnc[nH]3)cs2)cc1. The maximum atomic E-state index is 12.9. The van der Waals surface area contributed by atoms with Gasteiger partial charge in [0.05, 0.1) is 12.0 Å². The van der Waals surface area contributed by atoms with Gasteiger partial charge in [0.2, 0.25) is 0 Å². The first-order chi connectivity index (χ1) is 9.81. The molecule has 0 unspecified atom stereocenters. The number of hydrogen-bond donors (Lipinski definition) is 2.